The molecule has 3 aromatic rings. The first-order valence-corrected chi connectivity index (χ1v) is 8.73. The van der Waals surface area contributed by atoms with Crippen molar-refractivity contribution in [2.24, 2.45) is 0 Å². The minimum absolute atomic E-state index is 0.0581. The van der Waals surface area contributed by atoms with Gasteiger partial charge in [0.2, 0.25) is 0 Å². The Morgan fingerprint density at radius 3 is 2.36 bits per heavy atom. The zero-order valence-corrected chi connectivity index (χ0v) is 14.2. The van der Waals surface area contributed by atoms with Gasteiger partial charge in [-0.05, 0) is 43.5 Å². The summed E-state index contributed by atoms with van der Waals surface area (Å²) in [5.74, 6) is 0.405. The Morgan fingerprint density at radius 2 is 1.72 bits per heavy atom. The van der Waals surface area contributed by atoms with Crippen LogP contribution in [0.2, 0.25) is 0 Å². The van der Waals surface area contributed by atoms with Crippen molar-refractivity contribution in [3.8, 4) is 5.69 Å². The SMILES string of the molecule is CC(NC(=O)c1cc(C2CC2)nn1-c1ccccc1)c1ccccc1. The van der Waals surface area contributed by atoms with Crippen LogP contribution >= 0.6 is 0 Å². The number of para-hydroxylation sites is 1. The molecule has 1 aromatic heterocycles. The van der Waals surface area contributed by atoms with E-state index in [0.717, 1.165) is 29.8 Å². The number of nitrogens with one attached hydrogen (secondary N) is 1. The molecule has 4 heteroatoms. The Hall–Kier alpha value is -2.88. The van der Waals surface area contributed by atoms with Crippen LogP contribution in [0.3, 0.4) is 0 Å². The van der Waals surface area contributed by atoms with Gasteiger partial charge in [-0.15, -0.1) is 0 Å². The molecule has 2 aromatic carbocycles. The van der Waals surface area contributed by atoms with E-state index in [1.165, 1.54) is 0 Å². The first-order valence-electron chi connectivity index (χ1n) is 8.73. The Bertz CT molecular complexity index is 867. The van der Waals surface area contributed by atoms with E-state index in [1.54, 1.807) is 4.68 Å². The van der Waals surface area contributed by atoms with Crippen LogP contribution in [0.25, 0.3) is 5.69 Å². The maximum absolute atomic E-state index is 12.9. The van der Waals surface area contributed by atoms with Crippen molar-refractivity contribution < 1.29 is 4.79 Å². The maximum Gasteiger partial charge on any atom is 0.270 e. The number of nitrogens with zero attached hydrogens (tertiary/aromatic N) is 2. The summed E-state index contributed by atoms with van der Waals surface area (Å²) < 4.78 is 1.76. The zero-order valence-electron chi connectivity index (χ0n) is 14.2. The molecule has 0 radical (unpaired) electrons. The predicted molar refractivity (Wildman–Crippen MR) is 97.9 cm³/mol. The van der Waals surface area contributed by atoms with Crippen molar-refractivity contribution in [3.05, 3.63) is 83.7 Å². The van der Waals surface area contributed by atoms with Crippen LogP contribution in [-0.2, 0) is 0 Å². The molecule has 1 unspecified atom stereocenters. The highest BCUT2D eigenvalue weighted by atomic mass is 16.2. The molecule has 4 nitrogen and oxygen atoms in total. The Kier molecular flexibility index (Phi) is 4.10. The highest BCUT2D eigenvalue weighted by Crippen LogP contribution is 2.39. The lowest BCUT2D eigenvalue weighted by Gasteiger charge is -2.15. The van der Waals surface area contributed by atoms with E-state index in [9.17, 15) is 4.79 Å². The predicted octanol–water partition coefficient (Wildman–Crippen LogP) is 4.24. The van der Waals surface area contributed by atoms with Gasteiger partial charge in [-0.3, -0.25) is 4.79 Å². The molecular formula is C21H21N3O. The van der Waals surface area contributed by atoms with Crippen molar-refractivity contribution in [1.82, 2.24) is 15.1 Å². The lowest BCUT2D eigenvalue weighted by atomic mass is 10.1. The normalized spacial score (nSPS) is 14.9. The van der Waals surface area contributed by atoms with Gasteiger partial charge in [-0.25, -0.2) is 4.68 Å². The highest BCUT2D eigenvalue weighted by molar-refractivity contribution is 5.93. The molecule has 1 atom stereocenters. The van der Waals surface area contributed by atoms with E-state index in [0.29, 0.717) is 11.6 Å². The molecule has 1 aliphatic carbocycles. The molecule has 1 saturated carbocycles. The number of carbonyl (C=O) groups excluding carboxylic acids is 1. The fourth-order valence-electron chi connectivity index (χ4n) is 3.00. The quantitative estimate of drug-likeness (QED) is 0.760. The third-order valence-corrected chi connectivity index (χ3v) is 4.60. The highest BCUT2D eigenvalue weighted by Gasteiger charge is 2.29. The number of aromatic nitrogens is 2. The third-order valence-electron chi connectivity index (χ3n) is 4.60. The summed E-state index contributed by atoms with van der Waals surface area (Å²) in [4.78, 5) is 12.9. The number of carbonyl (C=O) groups is 1. The number of hydrogen-bond acceptors (Lipinski definition) is 2. The van der Waals surface area contributed by atoms with E-state index in [4.69, 9.17) is 5.10 Å². The first kappa shape index (κ1) is 15.6. The standard InChI is InChI=1S/C21H21N3O/c1-15(16-8-4-2-5-9-16)22-21(25)20-14-19(17-12-13-17)23-24(20)18-10-6-3-7-11-18/h2-11,14-15,17H,12-13H2,1H3,(H,22,25). The lowest BCUT2D eigenvalue weighted by Crippen LogP contribution is -2.28. The molecule has 0 spiro atoms. The molecule has 0 aliphatic heterocycles. The summed E-state index contributed by atoms with van der Waals surface area (Å²) in [7, 11) is 0. The monoisotopic (exact) mass is 331 g/mol. The fourth-order valence-corrected chi connectivity index (χ4v) is 3.00. The number of hydrogen-bond donors (Lipinski definition) is 1. The van der Waals surface area contributed by atoms with Crippen LogP contribution in [0, 0.1) is 0 Å². The van der Waals surface area contributed by atoms with Crippen molar-refractivity contribution in [3.63, 3.8) is 0 Å². The van der Waals surface area contributed by atoms with Crippen LogP contribution in [0.1, 0.15) is 53.5 Å². The van der Waals surface area contributed by atoms with Crippen LogP contribution < -0.4 is 5.32 Å². The van der Waals surface area contributed by atoms with Gasteiger partial charge < -0.3 is 5.32 Å². The van der Waals surface area contributed by atoms with Gasteiger partial charge in [0.05, 0.1) is 17.4 Å². The van der Waals surface area contributed by atoms with Crippen molar-refractivity contribution >= 4 is 5.91 Å². The fraction of sp³-hybridized carbons (Fsp3) is 0.238. The molecule has 1 fully saturated rings. The van der Waals surface area contributed by atoms with E-state index in [-0.39, 0.29) is 11.9 Å². The molecule has 4 rings (SSSR count). The zero-order chi connectivity index (χ0) is 17.2. The van der Waals surface area contributed by atoms with E-state index < -0.39 is 0 Å². The van der Waals surface area contributed by atoms with Crippen LogP contribution in [-0.4, -0.2) is 15.7 Å². The number of amides is 1. The Morgan fingerprint density at radius 1 is 1.08 bits per heavy atom. The van der Waals surface area contributed by atoms with Gasteiger partial charge in [0.1, 0.15) is 5.69 Å². The summed E-state index contributed by atoms with van der Waals surface area (Å²) in [6.07, 6.45) is 2.32. The average Bonchev–Trinajstić information content (AvgIpc) is 3.41. The molecule has 0 bridgehead atoms. The molecule has 25 heavy (non-hydrogen) atoms. The minimum atomic E-state index is -0.0976. The van der Waals surface area contributed by atoms with Gasteiger partial charge in [-0.1, -0.05) is 48.5 Å². The van der Waals surface area contributed by atoms with Gasteiger partial charge in [-0.2, -0.15) is 5.10 Å². The number of benzene rings is 2. The molecule has 1 heterocycles. The second-order valence-corrected chi connectivity index (χ2v) is 6.58. The Labute approximate surface area is 147 Å². The summed E-state index contributed by atoms with van der Waals surface area (Å²) in [6.45, 7) is 2.00. The Balaban J connectivity index is 1.63. The molecule has 1 N–H and O–H groups in total. The second kappa shape index (κ2) is 6.55. The van der Waals surface area contributed by atoms with Crippen LogP contribution in [0.4, 0.5) is 0 Å². The summed E-state index contributed by atoms with van der Waals surface area (Å²) in [5, 5.41) is 7.79. The minimum Gasteiger partial charge on any atom is -0.344 e. The lowest BCUT2D eigenvalue weighted by molar-refractivity contribution is 0.0932. The van der Waals surface area contributed by atoms with Gasteiger partial charge in [0.15, 0.2) is 0 Å². The van der Waals surface area contributed by atoms with Gasteiger partial charge in [0, 0.05) is 5.92 Å². The molecule has 1 aliphatic rings. The van der Waals surface area contributed by atoms with Gasteiger partial charge in [0.25, 0.3) is 5.91 Å². The topological polar surface area (TPSA) is 46.9 Å². The average molecular weight is 331 g/mol. The van der Waals surface area contributed by atoms with Gasteiger partial charge >= 0.3 is 0 Å². The van der Waals surface area contributed by atoms with Crippen molar-refractivity contribution in [2.45, 2.75) is 31.7 Å². The van der Waals surface area contributed by atoms with E-state index >= 15 is 0 Å². The van der Waals surface area contributed by atoms with Crippen molar-refractivity contribution in [2.75, 3.05) is 0 Å². The molecule has 126 valence electrons. The first-order chi connectivity index (χ1) is 12.2. The third kappa shape index (κ3) is 3.33. The molecule has 0 saturated heterocycles. The molecular weight excluding hydrogens is 310 g/mol. The summed E-state index contributed by atoms with van der Waals surface area (Å²) in [5.41, 5.74) is 3.60. The smallest absolute Gasteiger partial charge is 0.270 e. The second-order valence-electron chi connectivity index (χ2n) is 6.58. The summed E-state index contributed by atoms with van der Waals surface area (Å²) >= 11 is 0. The molecule has 1 amide bonds. The summed E-state index contributed by atoms with van der Waals surface area (Å²) in [6, 6.07) is 21.7. The van der Waals surface area contributed by atoms with Crippen LogP contribution in [0.5, 0.6) is 0 Å². The van der Waals surface area contributed by atoms with E-state index in [1.807, 2.05) is 73.7 Å². The number of rotatable bonds is 5. The van der Waals surface area contributed by atoms with Crippen LogP contribution in [0.15, 0.2) is 66.7 Å². The van der Waals surface area contributed by atoms with E-state index in [2.05, 4.69) is 5.32 Å². The largest absolute Gasteiger partial charge is 0.344 e. The van der Waals surface area contributed by atoms with Crippen molar-refractivity contribution in [1.29, 1.82) is 0 Å². The maximum atomic E-state index is 12.9.